The molecule has 0 unspecified atom stereocenters. The molecule has 0 aliphatic carbocycles. The molecule has 1 saturated heterocycles. The fourth-order valence-corrected chi connectivity index (χ4v) is 3.72. The molecule has 0 bridgehead atoms. The molecule has 1 aromatic rings. The third-order valence-corrected chi connectivity index (χ3v) is 5.43. The van der Waals surface area contributed by atoms with E-state index < -0.39 is 10.2 Å². The molecule has 1 aliphatic heterocycles. The van der Waals surface area contributed by atoms with Crippen LogP contribution in [0.4, 0.5) is 5.69 Å². The lowest BCUT2D eigenvalue weighted by Crippen LogP contribution is -2.44. The van der Waals surface area contributed by atoms with E-state index in [0.717, 1.165) is 19.3 Å². The smallest absolute Gasteiger partial charge is 0.303 e. The van der Waals surface area contributed by atoms with Crippen LogP contribution in [0.5, 0.6) is 0 Å². The maximum atomic E-state index is 12.5. The highest BCUT2D eigenvalue weighted by molar-refractivity contribution is 7.90. The number of amidine groups is 1. The molecule has 7 heteroatoms. The van der Waals surface area contributed by atoms with Crippen molar-refractivity contribution >= 4 is 21.7 Å². The number of anilines is 1. The van der Waals surface area contributed by atoms with Crippen molar-refractivity contribution in [1.29, 1.82) is 5.41 Å². The van der Waals surface area contributed by atoms with E-state index in [4.69, 9.17) is 11.1 Å². The summed E-state index contributed by atoms with van der Waals surface area (Å²) >= 11 is 0. The molecule has 0 spiro atoms. The Kier molecular flexibility index (Phi) is 4.29. The Morgan fingerprint density at radius 2 is 1.95 bits per heavy atom. The van der Waals surface area contributed by atoms with E-state index in [0.29, 0.717) is 24.3 Å². The van der Waals surface area contributed by atoms with Crippen LogP contribution in [0.2, 0.25) is 0 Å². The number of rotatable bonds is 4. The van der Waals surface area contributed by atoms with Gasteiger partial charge in [-0.25, -0.2) is 0 Å². The van der Waals surface area contributed by atoms with Crippen molar-refractivity contribution < 1.29 is 8.42 Å². The van der Waals surface area contributed by atoms with Gasteiger partial charge < -0.3 is 5.73 Å². The van der Waals surface area contributed by atoms with Gasteiger partial charge >= 0.3 is 10.2 Å². The largest absolute Gasteiger partial charge is 0.384 e. The molecular weight excluding hydrogens is 276 g/mol. The van der Waals surface area contributed by atoms with Gasteiger partial charge in [0, 0.05) is 25.7 Å². The summed E-state index contributed by atoms with van der Waals surface area (Å²) in [7, 11) is -1.97. The average molecular weight is 296 g/mol. The monoisotopic (exact) mass is 296 g/mol. The van der Waals surface area contributed by atoms with E-state index in [2.05, 4.69) is 0 Å². The molecule has 1 fully saturated rings. The van der Waals surface area contributed by atoms with Crippen LogP contribution in [0.15, 0.2) is 24.3 Å². The maximum Gasteiger partial charge on any atom is 0.303 e. The molecule has 2 rings (SSSR count). The van der Waals surface area contributed by atoms with E-state index in [1.165, 1.54) is 15.7 Å². The summed E-state index contributed by atoms with van der Waals surface area (Å²) in [5.74, 6) is -0.0735. The number of benzene rings is 1. The summed E-state index contributed by atoms with van der Waals surface area (Å²) in [6, 6.07) is 6.71. The summed E-state index contributed by atoms with van der Waals surface area (Å²) in [6.07, 6.45) is 2.89. The fourth-order valence-electron chi connectivity index (χ4n) is 2.27. The molecule has 110 valence electrons. The van der Waals surface area contributed by atoms with Crippen molar-refractivity contribution in [2.75, 3.05) is 24.4 Å². The molecule has 0 amide bonds. The number of nitrogens with zero attached hydrogens (tertiary/aromatic N) is 2. The van der Waals surface area contributed by atoms with Crippen LogP contribution in [0.3, 0.4) is 0 Å². The predicted octanol–water partition coefficient (Wildman–Crippen LogP) is 1.14. The Hall–Kier alpha value is -1.60. The summed E-state index contributed by atoms with van der Waals surface area (Å²) in [5, 5.41) is 7.42. The SMILES string of the molecule is CN(c1cccc(C(=N)N)c1)S(=O)(=O)N1CCCCC1. The minimum Gasteiger partial charge on any atom is -0.384 e. The average Bonchev–Trinajstić information content (AvgIpc) is 2.47. The Balaban J connectivity index is 2.27. The minimum atomic E-state index is -3.50. The lowest BCUT2D eigenvalue weighted by molar-refractivity contribution is 0.346. The summed E-state index contributed by atoms with van der Waals surface area (Å²) < 4.78 is 27.8. The molecule has 1 aliphatic rings. The first-order chi connectivity index (χ1) is 9.43. The van der Waals surface area contributed by atoms with Gasteiger partial charge in [0.05, 0.1) is 5.69 Å². The van der Waals surface area contributed by atoms with Crippen molar-refractivity contribution in [3.8, 4) is 0 Å². The molecule has 0 aromatic heterocycles. The first-order valence-electron chi connectivity index (χ1n) is 6.61. The highest BCUT2D eigenvalue weighted by atomic mass is 32.2. The van der Waals surface area contributed by atoms with Gasteiger partial charge in [-0.2, -0.15) is 12.7 Å². The first kappa shape index (κ1) is 14.8. The molecule has 20 heavy (non-hydrogen) atoms. The zero-order chi connectivity index (χ0) is 14.8. The van der Waals surface area contributed by atoms with Gasteiger partial charge in [-0.1, -0.05) is 18.6 Å². The molecule has 6 nitrogen and oxygen atoms in total. The van der Waals surface area contributed by atoms with Gasteiger partial charge in [0.25, 0.3) is 0 Å². The number of hydrogen-bond donors (Lipinski definition) is 2. The fraction of sp³-hybridized carbons (Fsp3) is 0.462. The zero-order valence-electron chi connectivity index (χ0n) is 11.5. The second-order valence-electron chi connectivity index (χ2n) is 4.90. The Morgan fingerprint density at radius 1 is 1.30 bits per heavy atom. The molecule has 0 saturated carbocycles. The van der Waals surface area contributed by atoms with Crippen LogP contribution in [-0.4, -0.2) is 38.7 Å². The summed E-state index contributed by atoms with van der Waals surface area (Å²) in [4.78, 5) is 0. The second kappa shape index (κ2) is 5.80. The normalized spacial score (nSPS) is 16.9. The third-order valence-electron chi connectivity index (χ3n) is 3.51. The third kappa shape index (κ3) is 2.94. The molecule has 1 heterocycles. The van der Waals surface area contributed by atoms with E-state index in [9.17, 15) is 8.42 Å². The number of hydrogen-bond acceptors (Lipinski definition) is 3. The van der Waals surface area contributed by atoms with Gasteiger partial charge in [-0.05, 0) is 25.0 Å². The van der Waals surface area contributed by atoms with Crippen molar-refractivity contribution in [3.63, 3.8) is 0 Å². The van der Waals surface area contributed by atoms with Crippen LogP contribution in [0.25, 0.3) is 0 Å². The Morgan fingerprint density at radius 3 is 2.55 bits per heavy atom. The number of nitrogen functional groups attached to an aromatic ring is 1. The van der Waals surface area contributed by atoms with Crippen LogP contribution >= 0.6 is 0 Å². The van der Waals surface area contributed by atoms with Crippen molar-refractivity contribution in [2.24, 2.45) is 5.73 Å². The van der Waals surface area contributed by atoms with E-state index in [1.54, 1.807) is 24.3 Å². The van der Waals surface area contributed by atoms with Gasteiger partial charge in [0.1, 0.15) is 5.84 Å². The number of piperidine rings is 1. The molecule has 1 aromatic carbocycles. The van der Waals surface area contributed by atoms with E-state index >= 15 is 0 Å². The highest BCUT2D eigenvalue weighted by Gasteiger charge is 2.28. The minimum absolute atomic E-state index is 0.0735. The molecule has 0 radical (unpaired) electrons. The lowest BCUT2D eigenvalue weighted by Gasteiger charge is -2.31. The quantitative estimate of drug-likeness (QED) is 0.645. The Labute approximate surface area is 119 Å². The first-order valence-corrected chi connectivity index (χ1v) is 8.01. The molecule has 3 N–H and O–H groups in total. The van der Waals surface area contributed by atoms with Gasteiger partial charge in [0.2, 0.25) is 0 Å². The van der Waals surface area contributed by atoms with Crippen LogP contribution in [-0.2, 0) is 10.2 Å². The summed E-state index contributed by atoms with van der Waals surface area (Å²) in [6.45, 7) is 1.14. The van der Waals surface area contributed by atoms with Gasteiger partial charge in [-0.3, -0.25) is 9.71 Å². The van der Waals surface area contributed by atoms with E-state index in [-0.39, 0.29) is 5.84 Å². The standard InChI is InChI=1S/C13H20N4O2S/c1-16(12-7-5-6-11(10-12)13(14)15)20(18,19)17-8-3-2-4-9-17/h5-7,10H,2-4,8-9H2,1H3,(H3,14,15). The topological polar surface area (TPSA) is 90.5 Å². The van der Waals surface area contributed by atoms with Crippen LogP contribution < -0.4 is 10.0 Å². The van der Waals surface area contributed by atoms with Crippen LogP contribution in [0, 0.1) is 5.41 Å². The predicted molar refractivity (Wildman–Crippen MR) is 80.2 cm³/mol. The lowest BCUT2D eigenvalue weighted by atomic mass is 10.2. The van der Waals surface area contributed by atoms with Gasteiger partial charge in [0.15, 0.2) is 0 Å². The van der Waals surface area contributed by atoms with Crippen molar-refractivity contribution in [3.05, 3.63) is 29.8 Å². The van der Waals surface area contributed by atoms with Crippen LogP contribution in [0.1, 0.15) is 24.8 Å². The van der Waals surface area contributed by atoms with Crippen molar-refractivity contribution in [1.82, 2.24) is 4.31 Å². The molecular formula is C13H20N4O2S. The maximum absolute atomic E-state index is 12.5. The number of nitrogens with two attached hydrogens (primary N) is 1. The number of nitrogens with one attached hydrogen (secondary N) is 1. The van der Waals surface area contributed by atoms with Gasteiger partial charge in [-0.15, -0.1) is 0 Å². The Bertz CT molecular complexity index is 594. The zero-order valence-corrected chi connectivity index (χ0v) is 12.4. The second-order valence-corrected chi connectivity index (χ2v) is 6.86. The summed E-state index contributed by atoms with van der Waals surface area (Å²) in [5.41, 5.74) is 6.47. The van der Waals surface area contributed by atoms with E-state index in [1.807, 2.05) is 0 Å². The molecule has 0 atom stereocenters. The highest BCUT2D eigenvalue weighted by Crippen LogP contribution is 2.22. The van der Waals surface area contributed by atoms with Crippen molar-refractivity contribution in [2.45, 2.75) is 19.3 Å².